The first-order valence-corrected chi connectivity index (χ1v) is 9.38. The lowest BCUT2D eigenvalue weighted by atomic mass is 10.1. The van der Waals surface area contributed by atoms with E-state index < -0.39 is 15.9 Å². The average Bonchev–Trinajstić information content (AvgIpc) is 2.95. The molecule has 0 bridgehead atoms. The Morgan fingerprint density at radius 1 is 1.21 bits per heavy atom. The molecule has 7 heteroatoms. The molecule has 1 heterocycles. The van der Waals surface area contributed by atoms with Gasteiger partial charge < -0.3 is 9.73 Å². The van der Waals surface area contributed by atoms with E-state index in [1.165, 1.54) is 6.26 Å². The van der Waals surface area contributed by atoms with E-state index in [-0.39, 0.29) is 13.1 Å². The van der Waals surface area contributed by atoms with Crippen LogP contribution in [0.4, 0.5) is 5.69 Å². The predicted molar refractivity (Wildman–Crippen MR) is 93.4 cm³/mol. The van der Waals surface area contributed by atoms with Gasteiger partial charge in [-0.25, -0.2) is 8.42 Å². The quantitative estimate of drug-likeness (QED) is 0.867. The predicted octanol–water partition coefficient (Wildman–Crippen LogP) is 2.29. The lowest BCUT2D eigenvalue weighted by molar-refractivity contribution is -0.119. The molecule has 0 atom stereocenters. The Morgan fingerprint density at radius 3 is 2.33 bits per heavy atom. The summed E-state index contributed by atoms with van der Waals surface area (Å²) >= 11 is 0. The Balaban J connectivity index is 2.22. The molecule has 1 aromatic carbocycles. The molecule has 0 unspecified atom stereocenters. The Bertz CT molecular complexity index is 803. The minimum absolute atomic E-state index is 0.218. The number of aryl methyl sites for hydroxylation is 3. The third-order valence-corrected chi connectivity index (χ3v) is 4.72. The van der Waals surface area contributed by atoms with Crippen molar-refractivity contribution in [3.8, 4) is 0 Å². The molecule has 0 saturated heterocycles. The van der Waals surface area contributed by atoms with Crippen LogP contribution in [-0.2, 0) is 21.4 Å². The van der Waals surface area contributed by atoms with E-state index in [2.05, 4.69) is 5.32 Å². The number of carbonyl (C=O) groups is 1. The van der Waals surface area contributed by atoms with Crippen molar-refractivity contribution in [2.75, 3.05) is 17.1 Å². The third-order valence-electron chi connectivity index (χ3n) is 3.61. The highest BCUT2D eigenvalue weighted by atomic mass is 32.2. The molecule has 1 amide bonds. The highest BCUT2D eigenvalue weighted by Gasteiger charge is 2.24. The SMILES string of the molecule is Cc1cc(C)c(N(CC(=O)NCc2ccco2)S(C)(=O)=O)c(C)c1. The van der Waals surface area contributed by atoms with Crippen molar-refractivity contribution in [2.24, 2.45) is 0 Å². The van der Waals surface area contributed by atoms with Gasteiger partial charge in [-0.3, -0.25) is 9.10 Å². The molecule has 0 spiro atoms. The molecular weight excluding hydrogens is 328 g/mol. The second-order valence-corrected chi connectivity index (χ2v) is 7.78. The molecule has 0 aliphatic carbocycles. The first-order valence-electron chi connectivity index (χ1n) is 7.53. The number of nitrogens with one attached hydrogen (secondary N) is 1. The van der Waals surface area contributed by atoms with Crippen molar-refractivity contribution in [3.05, 3.63) is 53.0 Å². The number of sulfonamides is 1. The zero-order valence-corrected chi connectivity index (χ0v) is 15.1. The second-order valence-electron chi connectivity index (χ2n) is 5.87. The standard InChI is InChI=1S/C17H22N2O4S/c1-12-8-13(2)17(14(3)9-12)19(24(4,21)22)11-16(20)18-10-15-6-5-7-23-15/h5-9H,10-11H2,1-4H3,(H,18,20). The van der Waals surface area contributed by atoms with Gasteiger partial charge in [0, 0.05) is 0 Å². The minimum Gasteiger partial charge on any atom is -0.467 e. The largest absolute Gasteiger partial charge is 0.467 e. The van der Waals surface area contributed by atoms with E-state index in [0.29, 0.717) is 11.4 Å². The highest BCUT2D eigenvalue weighted by molar-refractivity contribution is 7.92. The summed E-state index contributed by atoms with van der Waals surface area (Å²) in [6.45, 7) is 5.58. The number of anilines is 1. The number of furan rings is 1. The zero-order chi connectivity index (χ0) is 17.9. The van der Waals surface area contributed by atoms with Crippen LogP contribution in [0.3, 0.4) is 0 Å². The topological polar surface area (TPSA) is 79.6 Å². The van der Waals surface area contributed by atoms with Gasteiger partial charge in [-0.05, 0) is 44.0 Å². The maximum Gasteiger partial charge on any atom is 0.241 e. The maximum atomic E-state index is 12.2. The van der Waals surface area contributed by atoms with Crippen LogP contribution < -0.4 is 9.62 Å². The third kappa shape index (κ3) is 4.38. The Kier molecular flexibility index (Phi) is 5.33. The Labute approximate surface area is 142 Å². The number of hydrogen-bond donors (Lipinski definition) is 1. The molecule has 0 aliphatic heterocycles. The van der Waals surface area contributed by atoms with Crippen LogP contribution in [0.5, 0.6) is 0 Å². The van der Waals surface area contributed by atoms with E-state index in [4.69, 9.17) is 4.42 Å². The van der Waals surface area contributed by atoms with Crippen molar-refractivity contribution in [3.63, 3.8) is 0 Å². The molecule has 0 saturated carbocycles. The summed E-state index contributed by atoms with van der Waals surface area (Å²) < 4.78 is 30.7. The Morgan fingerprint density at radius 2 is 1.83 bits per heavy atom. The van der Waals surface area contributed by atoms with E-state index in [9.17, 15) is 13.2 Å². The molecule has 24 heavy (non-hydrogen) atoms. The van der Waals surface area contributed by atoms with Gasteiger partial charge >= 0.3 is 0 Å². The van der Waals surface area contributed by atoms with Crippen molar-refractivity contribution in [1.29, 1.82) is 0 Å². The molecule has 0 radical (unpaired) electrons. The summed E-state index contributed by atoms with van der Waals surface area (Å²) in [5.74, 6) is 0.216. The molecule has 1 aromatic heterocycles. The van der Waals surface area contributed by atoms with Crippen molar-refractivity contribution >= 4 is 21.6 Å². The van der Waals surface area contributed by atoms with Gasteiger partial charge in [-0.2, -0.15) is 0 Å². The fourth-order valence-electron chi connectivity index (χ4n) is 2.71. The minimum atomic E-state index is -3.59. The first-order chi connectivity index (χ1) is 11.2. The summed E-state index contributed by atoms with van der Waals surface area (Å²) in [6.07, 6.45) is 2.62. The summed E-state index contributed by atoms with van der Waals surface area (Å²) in [7, 11) is -3.59. The van der Waals surface area contributed by atoms with Gasteiger partial charge in [0.05, 0.1) is 24.8 Å². The molecule has 0 aliphatic rings. The highest BCUT2D eigenvalue weighted by Crippen LogP contribution is 2.28. The average molecular weight is 350 g/mol. The number of hydrogen-bond acceptors (Lipinski definition) is 4. The molecular formula is C17H22N2O4S. The normalized spacial score (nSPS) is 11.3. The van der Waals surface area contributed by atoms with E-state index >= 15 is 0 Å². The van der Waals surface area contributed by atoms with E-state index in [0.717, 1.165) is 27.3 Å². The molecule has 130 valence electrons. The first kappa shape index (κ1) is 18.1. The fraction of sp³-hybridized carbons (Fsp3) is 0.353. The van der Waals surface area contributed by atoms with Gasteiger partial charge in [0.25, 0.3) is 0 Å². The van der Waals surface area contributed by atoms with Crippen LogP contribution in [0.2, 0.25) is 0 Å². The van der Waals surface area contributed by atoms with Gasteiger partial charge in [0.2, 0.25) is 15.9 Å². The number of amides is 1. The van der Waals surface area contributed by atoms with Crippen molar-refractivity contribution in [1.82, 2.24) is 5.32 Å². The fourth-order valence-corrected chi connectivity index (χ4v) is 3.68. The van der Waals surface area contributed by atoms with Crippen molar-refractivity contribution in [2.45, 2.75) is 27.3 Å². The van der Waals surface area contributed by atoms with E-state index in [1.807, 2.05) is 32.9 Å². The second kappa shape index (κ2) is 7.09. The molecule has 1 N–H and O–H groups in total. The number of rotatable bonds is 6. The van der Waals surface area contributed by atoms with E-state index in [1.54, 1.807) is 12.1 Å². The summed E-state index contributed by atoms with van der Waals surface area (Å²) in [5, 5.41) is 2.67. The monoisotopic (exact) mass is 350 g/mol. The van der Waals surface area contributed by atoms with Crippen LogP contribution in [0.25, 0.3) is 0 Å². The van der Waals surface area contributed by atoms with Gasteiger partial charge in [-0.15, -0.1) is 0 Å². The zero-order valence-electron chi connectivity index (χ0n) is 14.3. The van der Waals surface area contributed by atoms with Crippen LogP contribution in [0.1, 0.15) is 22.5 Å². The molecule has 2 aromatic rings. The van der Waals surface area contributed by atoms with Crippen molar-refractivity contribution < 1.29 is 17.6 Å². The van der Waals surface area contributed by atoms with Crippen LogP contribution >= 0.6 is 0 Å². The Hall–Kier alpha value is -2.28. The summed E-state index contributed by atoms with van der Waals surface area (Å²) in [6, 6.07) is 7.27. The maximum absolute atomic E-state index is 12.2. The smallest absolute Gasteiger partial charge is 0.241 e. The van der Waals surface area contributed by atoms with Crippen LogP contribution in [-0.4, -0.2) is 27.1 Å². The van der Waals surface area contributed by atoms with Gasteiger partial charge in [0.1, 0.15) is 12.3 Å². The van der Waals surface area contributed by atoms with Crippen LogP contribution in [0, 0.1) is 20.8 Å². The molecule has 6 nitrogen and oxygen atoms in total. The molecule has 0 fully saturated rings. The number of carbonyl (C=O) groups excluding carboxylic acids is 1. The molecule has 2 rings (SSSR count). The summed E-state index contributed by atoms with van der Waals surface area (Å²) in [5.41, 5.74) is 3.23. The summed E-state index contributed by atoms with van der Waals surface area (Å²) in [4.78, 5) is 12.2. The van der Waals surface area contributed by atoms with Gasteiger partial charge in [0.15, 0.2) is 0 Å². The van der Waals surface area contributed by atoms with Gasteiger partial charge in [-0.1, -0.05) is 17.7 Å². The number of benzene rings is 1. The number of nitrogens with zero attached hydrogens (tertiary/aromatic N) is 1. The van der Waals surface area contributed by atoms with Crippen LogP contribution in [0.15, 0.2) is 34.9 Å². The lowest BCUT2D eigenvalue weighted by Crippen LogP contribution is -2.40. The lowest BCUT2D eigenvalue weighted by Gasteiger charge is -2.25.